The van der Waals surface area contributed by atoms with Crippen LogP contribution in [0, 0.1) is 6.92 Å². The lowest BCUT2D eigenvalue weighted by Gasteiger charge is -2.09. The largest absolute Gasteiger partial charge is 0.396 e. The monoisotopic (exact) mass is 322 g/mol. The Labute approximate surface area is 119 Å². The van der Waals surface area contributed by atoms with Gasteiger partial charge < -0.3 is 11.1 Å². The van der Waals surface area contributed by atoms with Crippen molar-refractivity contribution < 1.29 is 4.79 Å². The number of carbonyl (C=O) groups is 1. The van der Waals surface area contributed by atoms with E-state index in [1.807, 2.05) is 32.0 Å². The molecule has 0 aliphatic rings. The number of carbonyl (C=O) groups excluding carboxylic acids is 1. The Kier molecular flexibility index (Phi) is 3.90. The second kappa shape index (κ2) is 5.44. The molecule has 0 spiro atoms. The fraction of sp³-hybridized carbons (Fsp3) is 0.231. The predicted molar refractivity (Wildman–Crippen MR) is 79.1 cm³/mol. The minimum absolute atomic E-state index is 0.251. The van der Waals surface area contributed by atoms with E-state index in [1.54, 1.807) is 4.68 Å². The summed E-state index contributed by atoms with van der Waals surface area (Å²) in [6.45, 7) is 4.47. The van der Waals surface area contributed by atoms with E-state index in [0.29, 0.717) is 17.9 Å². The van der Waals surface area contributed by atoms with Gasteiger partial charge in [0.05, 0.1) is 11.9 Å². The van der Waals surface area contributed by atoms with Gasteiger partial charge in [-0.1, -0.05) is 15.9 Å². The number of nitrogens with zero attached hydrogens (tertiary/aromatic N) is 2. The molecule has 100 valence electrons. The molecule has 1 amide bonds. The van der Waals surface area contributed by atoms with Crippen molar-refractivity contribution in [3.8, 4) is 0 Å². The Bertz CT molecular complexity index is 621. The molecule has 1 heterocycles. The van der Waals surface area contributed by atoms with Crippen LogP contribution in [-0.4, -0.2) is 15.7 Å². The second-order valence-electron chi connectivity index (χ2n) is 4.18. The Morgan fingerprint density at radius 1 is 1.53 bits per heavy atom. The molecule has 1 aromatic heterocycles. The fourth-order valence-corrected chi connectivity index (χ4v) is 2.05. The van der Waals surface area contributed by atoms with E-state index in [0.717, 1.165) is 15.7 Å². The van der Waals surface area contributed by atoms with E-state index < -0.39 is 0 Å². The molecule has 0 aliphatic heterocycles. The number of anilines is 2. The van der Waals surface area contributed by atoms with Crippen molar-refractivity contribution in [1.82, 2.24) is 9.78 Å². The maximum Gasteiger partial charge on any atom is 0.276 e. The van der Waals surface area contributed by atoms with Crippen LogP contribution in [0.15, 0.2) is 28.9 Å². The zero-order chi connectivity index (χ0) is 14.0. The molecule has 19 heavy (non-hydrogen) atoms. The Hall–Kier alpha value is -1.82. The number of hydrogen-bond donors (Lipinski definition) is 2. The number of benzene rings is 1. The molecule has 0 atom stereocenters. The average molecular weight is 323 g/mol. The van der Waals surface area contributed by atoms with Crippen molar-refractivity contribution in [2.75, 3.05) is 11.1 Å². The number of hydrogen-bond acceptors (Lipinski definition) is 3. The van der Waals surface area contributed by atoms with E-state index in [-0.39, 0.29) is 5.91 Å². The number of amides is 1. The first-order valence-corrected chi connectivity index (χ1v) is 6.71. The van der Waals surface area contributed by atoms with Crippen molar-refractivity contribution in [1.29, 1.82) is 0 Å². The van der Waals surface area contributed by atoms with Gasteiger partial charge in [0.2, 0.25) is 0 Å². The predicted octanol–water partition coefficient (Wildman–Crippen LogP) is 2.81. The first-order chi connectivity index (χ1) is 9.02. The van der Waals surface area contributed by atoms with Gasteiger partial charge in [-0.25, -0.2) is 0 Å². The van der Waals surface area contributed by atoms with Gasteiger partial charge in [-0.15, -0.1) is 0 Å². The summed E-state index contributed by atoms with van der Waals surface area (Å²) in [5, 5.41) is 6.88. The summed E-state index contributed by atoms with van der Waals surface area (Å²) in [6.07, 6.45) is 1.49. The standard InChI is InChI=1S/C13H15BrN4O/c1-3-18-12(11(15)7-16-18)13(19)17-9-4-5-10(14)8(2)6-9/h4-7H,3,15H2,1-2H3,(H,17,19). The van der Waals surface area contributed by atoms with Gasteiger partial charge in [-0.2, -0.15) is 5.10 Å². The lowest BCUT2D eigenvalue weighted by Crippen LogP contribution is -2.18. The number of nitrogen functional groups attached to an aromatic ring is 1. The van der Waals surface area contributed by atoms with Gasteiger partial charge in [-0.3, -0.25) is 9.48 Å². The van der Waals surface area contributed by atoms with Gasteiger partial charge >= 0.3 is 0 Å². The summed E-state index contributed by atoms with van der Waals surface area (Å²) < 4.78 is 2.58. The number of nitrogens with one attached hydrogen (secondary N) is 1. The first-order valence-electron chi connectivity index (χ1n) is 5.91. The number of aromatic nitrogens is 2. The molecule has 3 N–H and O–H groups in total. The number of halogens is 1. The Balaban J connectivity index is 2.25. The van der Waals surface area contributed by atoms with Gasteiger partial charge in [-0.05, 0) is 37.6 Å². The van der Waals surface area contributed by atoms with Crippen LogP contribution in [0.2, 0.25) is 0 Å². The smallest absolute Gasteiger partial charge is 0.276 e. The van der Waals surface area contributed by atoms with E-state index >= 15 is 0 Å². The van der Waals surface area contributed by atoms with Crippen LogP contribution in [0.5, 0.6) is 0 Å². The molecule has 0 aliphatic carbocycles. The normalized spacial score (nSPS) is 10.5. The molecule has 0 saturated heterocycles. The lowest BCUT2D eigenvalue weighted by atomic mass is 10.2. The van der Waals surface area contributed by atoms with E-state index in [9.17, 15) is 4.79 Å². The van der Waals surface area contributed by atoms with E-state index in [2.05, 4.69) is 26.3 Å². The molecule has 0 unspecified atom stereocenters. The van der Waals surface area contributed by atoms with Crippen LogP contribution in [-0.2, 0) is 6.54 Å². The molecular weight excluding hydrogens is 308 g/mol. The highest BCUT2D eigenvalue weighted by Gasteiger charge is 2.16. The van der Waals surface area contributed by atoms with Gasteiger partial charge in [0.25, 0.3) is 5.91 Å². The topological polar surface area (TPSA) is 72.9 Å². The highest BCUT2D eigenvalue weighted by Crippen LogP contribution is 2.21. The highest BCUT2D eigenvalue weighted by atomic mass is 79.9. The van der Waals surface area contributed by atoms with Crippen LogP contribution in [0.25, 0.3) is 0 Å². The van der Waals surface area contributed by atoms with Crippen molar-refractivity contribution in [2.45, 2.75) is 20.4 Å². The van der Waals surface area contributed by atoms with Crippen LogP contribution in [0.3, 0.4) is 0 Å². The molecule has 2 rings (SSSR count). The number of rotatable bonds is 3. The molecule has 6 heteroatoms. The molecule has 2 aromatic rings. The third-order valence-corrected chi connectivity index (χ3v) is 3.69. The summed E-state index contributed by atoms with van der Waals surface area (Å²) in [5.74, 6) is -0.251. The minimum Gasteiger partial charge on any atom is -0.396 e. The maximum atomic E-state index is 12.2. The SMILES string of the molecule is CCn1ncc(N)c1C(=O)Nc1ccc(Br)c(C)c1. The van der Waals surface area contributed by atoms with Gasteiger partial charge in [0.15, 0.2) is 0 Å². The van der Waals surface area contributed by atoms with Crippen LogP contribution in [0.1, 0.15) is 23.0 Å². The molecular formula is C13H15BrN4O. The zero-order valence-corrected chi connectivity index (χ0v) is 12.4. The molecule has 5 nitrogen and oxygen atoms in total. The van der Waals surface area contributed by atoms with Crippen LogP contribution in [0.4, 0.5) is 11.4 Å². The molecule has 0 fully saturated rings. The van der Waals surface area contributed by atoms with Crippen molar-refractivity contribution >= 4 is 33.2 Å². The second-order valence-corrected chi connectivity index (χ2v) is 5.04. The highest BCUT2D eigenvalue weighted by molar-refractivity contribution is 9.10. The zero-order valence-electron chi connectivity index (χ0n) is 10.8. The third-order valence-electron chi connectivity index (χ3n) is 2.80. The first kappa shape index (κ1) is 13.6. The molecule has 0 saturated carbocycles. The summed E-state index contributed by atoms with van der Waals surface area (Å²) >= 11 is 3.42. The van der Waals surface area contributed by atoms with Crippen molar-refractivity contribution in [3.05, 3.63) is 40.1 Å². The van der Waals surface area contributed by atoms with E-state index in [1.165, 1.54) is 6.20 Å². The van der Waals surface area contributed by atoms with Crippen molar-refractivity contribution in [2.24, 2.45) is 0 Å². The lowest BCUT2D eigenvalue weighted by molar-refractivity contribution is 0.101. The fourth-order valence-electron chi connectivity index (χ4n) is 1.80. The Morgan fingerprint density at radius 3 is 2.89 bits per heavy atom. The molecule has 1 aromatic carbocycles. The average Bonchev–Trinajstić information content (AvgIpc) is 2.75. The van der Waals surface area contributed by atoms with E-state index in [4.69, 9.17) is 5.73 Å². The minimum atomic E-state index is -0.251. The third kappa shape index (κ3) is 2.78. The molecule has 0 radical (unpaired) electrons. The summed E-state index contributed by atoms with van der Waals surface area (Å²) in [7, 11) is 0. The van der Waals surface area contributed by atoms with Gasteiger partial charge in [0.1, 0.15) is 5.69 Å². The Morgan fingerprint density at radius 2 is 2.26 bits per heavy atom. The quantitative estimate of drug-likeness (QED) is 0.912. The summed E-state index contributed by atoms with van der Waals surface area (Å²) in [4.78, 5) is 12.2. The van der Waals surface area contributed by atoms with Gasteiger partial charge in [0, 0.05) is 16.7 Å². The number of nitrogens with two attached hydrogens (primary N) is 1. The molecule has 0 bridgehead atoms. The van der Waals surface area contributed by atoms with Crippen molar-refractivity contribution in [3.63, 3.8) is 0 Å². The van der Waals surface area contributed by atoms with Crippen LogP contribution >= 0.6 is 15.9 Å². The number of aryl methyl sites for hydroxylation is 2. The maximum absolute atomic E-state index is 12.2. The summed E-state index contributed by atoms with van der Waals surface area (Å²) in [5.41, 5.74) is 8.33. The van der Waals surface area contributed by atoms with Crippen LogP contribution < -0.4 is 11.1 Å². The summed E-state index contributed by atoms with van der Waals surface area (Å²) in [6, 6.07) is 5.62.